The maximum atomic E-state index is 10.1. The predicted octanol–water partition coefficient (Wildman–Crippen LogP) is 1.13. The van der Waals surface area contributed by atoms with Gasteiger partial charge in [-0.25, -0.2) is 0 Å². The highest BCUT2D eigenvalue weighted by atomic mass is 35.5. The lowest BCUT2D eigenvalue weighted by molar-refractivity contribution is -0.137. The second-order valence-corrected chi connectivity index (χ2v) is 2.52. The van der Waals surface area contributed by atoms with Crippen LogP contribution in [0.4, 0.5) is 0 Å². The van der Waals surface area contributed by atoms with E-state index in [-0.39, 0.29) is 11.8 Å². The number of carbonyl (C=O) groups is 1. The van der Waals surface area contributed by atoms with Crippen LogP contribution in [0.15, 0.2) is 4.42 Å². The number of nitrogens with zero attached hydrogens (tertiary/aromatic N) is 2. The third kappa shape index (κ3) is 2.87. The average Bonchev–Trinajstić information content (AvgIpc) is 2.35. The summed E-state index contributed by atoms with van der Waals surface area (Å²) >= 11 is 5.35. The topological polar surface area (TPSA) is 76.2 Å². The average molecular weight is 191 g/mol. The van der Waals surface area contributed by atoms with Crippen LogP contribution in [0.5, 0.6) is 0 Å². The number of aliphatic carboxylic acids is 1. The molecule has 1 aromatic rings. The van der Waals surface area contributed by atoms with Crippen LogP contribution in [-0.4, -0.2) is 21.3 Å². The summed E-state index contributed by atoms with van der Waals surface area (Å²) in [5, 5.41) is 15.3. The minimum Gasteiger partial charge on any atom is -0.481 e. The van der Waals surface area contributed by atoms with Crippen LogP contribution in [0.2, 0.25) is 5.35 Å². The fourth-order valence-corrected chi connectivity index (χ4v) is 0.852. The van der Waals surface area contributed by atoms with Crippen molar-refractivity contribution in [2.24, 2.45) is 0 Å². The van der Waals surface area contributed by atoms with E-state index in [1.54, 1.807) is 0 Å². The molecule has 1 aromatic heterocycles. The first-order chi connectivity index (χ1) is 5.68. The number of rotatable bonds is 4. The molecule has 0 bridgehead atoms. The molecule has 0 fully saturated rings. The van der Waals surface area contributed by atoms with E-state index in [9.17, 15) is 4.79 Å². The fraction of sp³-hybridized carbons (Fsp3) is 0.500. The molecule has 5 nitrogen and oxygen atoms in total. The summed E-state index contributed by atoms with van der Waals surface area (Å²) in [4.78, 5) is 10.1. The molecule has 0 atom stereocenters. The maximum Gasteiger partial charge on any atom is 0.312 e. The van der Waals surface area contributed by atoms with E-state index >= 15 is 0 Å². The predicted molar refractivity (Wildman–Crippen MR) is 39.9 cm³/mol. The van der Waals surface area contributed by atoms with Gasteiger partial charge in [0.2, 0.25) is 5.89 Å². The first kappa shape index (κ1) is 8.99. The maximum absolute atomic E-state index is 10.1. The normalized spacial score (nSPS) is 10.1. The molecule has 66 valence electrons. The van der Waals surface area contributed by atoms with Gasteiger partial charge in [-0.3, -0.25) is 4.79 Å². The van der Waals surface area contributed by atoms with Crippen LogP contribution < -0.4 is 0 Å². The van der Waals surface area contributed by atoms with Gasteiger partial charge in [-0.05, 0) is 18.0 Å². The third-order valence-electron chi connectivity index (χ3n) is 1.22. The molecule has 12 heavy (non-hydrogen) atoms. The van der Waals surface area contributed by atoms with E-state index in [4.69, 9.17) is 21.1 Å². The van der Waals surface area contributed by atoms with Gasteiger partial charge < -0.3 is 9.52 Å². The summed E-state index contributed by atoms with van der Waals surface area (Å²) < 4.78 is 4.82. The molecule has 1 heterocycles. The molecule has 6 heteroatoms. The van der Waals surface area contributed by atoms with Gasteiger partial charge in [-0.1, -0.05) is 5.10 Å². The molecule has 0 unspecified atom stereocenters. The molecular formula is C6H7ClN2O3. The van der Waals surface area contributed by atoms with E-state index < -0.39 is 5.97 Å². The fourth-order valence-electron chi connectivity index (χ4n) is 0.725. The van der Waals surface area contributed by atoms with Crippen molar-refractivity contribution < 1.29 is 14.3 Å². The van der Waals surface area contributed by atoms with Crippen molar-refractivity contribution in [3.8, 4) is 0 Å². The van der Waals surface area contributed by atoms with Crippen LogP contribution in [0.3, 0.4) is 0 Å². The van der Waals surface area contributed by atoms with Crippen molar-refractivity contribution in [3.63, 3.8) is 0 Å². The third-order valence-corrected chi connectivity index (χ3v) is 1.38. The van der Waals surface area contributed by atoms with Gasteiger partial charge >= 0.3 is 11.3 Å². The van der Waals surface area contributed by atoms with E-state index in [1.165, 1.54) is 0 Å². The van der Waals surface area contributed by atoms with Crippen LogP contribution >= 0.6 is 11.6 Å². The lowest BCUT2D eigenvalue weighted by Gasteiger charge is -1.90. The first-order valence-corrected chi connectivity index (χ1v) is 3.76. The summed E-state index contributed by atoms with van der Waals surface area (Å²) in [6.07, 6.45) is 1.03. The van der Waals surface area contributed by atoms with Crippen molar-refractivity contribution in [1.29, 1.82) is 0 Å². The zero-order valence-corrected chi connectivity index (χ0v) is 6.91. The Kier molecular flexibility index (Phi) is 3.04. The molecule has 0 saturated carbocycles. The summed E-state index contributed by atoms with van der Waals surface area (Å²) in [5.74, 6) is -0.457. The van der Waals surface area contributed by atoms with E-state index in [2.05, 4.69) is 10.2 Å². The Morgan fingerprint density at radius 1 is 1.58 bits per heavy atom. The number of hydrogen-bond acceptors (Lipinski definition) is 4. The summed E-state index contributed by atoms with van der Waals surface area (Å²) in [7, 11) is 0. The second kappa shape index (κ2) is 4.06. The SMILES string of the molecule is O=C(O)CCCc1nnc(Cl)o1. The van der Waals surface area contributed by atoms with Crippen molar-refractivity contribution in [3.05, 3.63) is 11.2 Å². The van der Waals surface area contributed by atoms with Crippen LogP contribution in [-0.2, 0) is 11.2 Å². The first-order valence-electron chi connectivity index (χ1n) is 3.38. The number of aryl methyl sites for hydroxylation is 1. The molecule has 0 aliphatic carbocycles. The van der Waals surface area contributed by atoms with Crippen molar-refractivity contribution in [1.82, 2.24) is 10.2 Å². The van der Waals surface area contributed by atoms with Crippen molar-refractivity contribution in [2.45, 2.75) is 19.3 Å². The standard InChI is InChI=1S/C6H7ClN2O3/c7-6-9-8-4(12-6)2-1-3-5(10)11/h1-3H2,(H,10,11). The van der Waals surface area contributed by atoms with Crippen LogP contribution in [0.25, 0.3) is 0 Å². The van der Waals surface area contributed by atoms with Gasteiger partial charge in [0, 0.05) is 12.8 Å². The van der Waals surface area contributed by atoms with Crippen LogP contribution in [0, 0.1) is 0 Å². The minimum atomic E-state index is -0.833. The molecule has 0 aromatic carbocycles. The lowest BCUT2D eigenvalue weighted by atomic mass is 10.2. The van der Waals surface area contributed by atoms with Crippen LogP contribution in [0.1, 0.15) is 18.7 Å². The van der Waals surface area contributed by atoms with E-state index in [1.807, 2.05) is 0 Å². The van der Waals surface area contributed by atoms with Gasteiger partial charge in [0.05, 0.1) is 0 Å². The van der Waals surface area contributed by atoms with Crippen molar-refractivity contribution >= 4 is 17.6 Å². The summed E-state index contributed by atoms with van der Waals surface area (Å²) in [6.45, 7) is 0. The quantitative estimate of drug-likeness (QED) is 0.770. The Morgan fingerprint density at radius 3 is 2.83 bits per heavy atom. The summed E-state index contributed by atoms with van der Waals surface area (Å²) in [5.41, 5.74) is 0. The Morgan fingerprint density at radius 2 is 2.33 bits per heavy atom. The number of carboxylic acid groups (broad SMARTS) is 1. The highest BCUT2D eigenvalue weighted by Gasteiger charge is 2.04. The van der Waals surface area contributed by atoms with Gasteiger partial charge in [-0.15, -0.1) is 5.10 Å². The van der Waals surface area contributed by atoms with Gasteiger partial charge in [-0.2, -0.15) is 0 Å². The van der Waals surface area contributed by atoms with E-state index in [0.29, 0.717) is 18.7 Å². The lowest BCUT2D eigenvalue weighted by Crippen LogP contribution is -1.95. The minimum absolute atomic E-state index is 0.0136. The highest BCUT2D eigenvalue weighted by molar-refractivity contribution is 6.27. The number of carboxylic acids is 1. The van der Waals surface area contributed by atoms with E-state index in [0.717, 1.165) is 0 Å². The second-order valence-electron chi connectivity index (χ2n) is 2.20. The van der Waals surface area contributed by atoms with Gasteiger partial charge in [0.25, 0.3) is 0 Å². The molecular weight excluding hydrogens is 184 g/mol. The molecule has 0 saturated heterocycles. The molecule has 0 radical (unpaired) electrons. The smallest absolute Gasteiger partial charge is 0.312 e. The molecule has 0 spiro atoms. The molecule has 1 N–H and O–H groups in total. The zero-order valence-electron chi connectivity index (χ0n) is 6.16. The zero-order chi connectivity index (χ0) is 8.97. The Bertz CT molecular complexity index is 274. The molecule has 0 aliphatic rings. The molecule has 0 amide bonds. The van der Waals surface area contributed by atoms with Crippen molar-refractivity contribution in [2.75, 3.05) is 0 Å². The molecule has 1 rings (SSSR count). The monoisotopic (exact) mass is 190 g/mol. The molecule has 0 aliphatic heterocycles. The Labute approximate surface area is 73.4 Å². The number of hydrogen-bond donors (Lipinski definition) is 1. The summed E-state index contributed by atoms with van der Waals surface area (Å²) in [6, 6.07) is 0. The van der Waals surface area contributed by atoms with Gasteiger partial charge in [0.15, 0.2) is 0 Å². The number of aromatic nitrogens is 2. The highest BCUT2D eigenvalue weighted by Crippen LogP contribution is 2.07. The Hall–Kier alpha value is -1.10. The largest absolute Gasteiger partial charge is 0.481 e. The Balaban J connectivity index is 2.29. The number of halogens is 1. The van der Waals surface area contributed by atoms with Gasteiger partial charge in [0.1, 0.15) is 0 Å².